The highest BCUT2D eigenvalue weighted by molar-refractivity contribution is 5.92. The van der Waals surface area contributed by atoms with E-state index in [1.165, 1.54) is 0 Å². The Labute approximate surface area is 116 Å². The molecular formula is C14H15N5O. The molecule has 0 radical (unpaired) electrons. The number of fused-ring (bicyclic) bond motifs is 1. The van der Waals surface area contributed by atoms with E-state index < -0.39 is 0 Å². The van der Waals surface area contributed by atoms with Crippen molar-refractivity contribution in [1.29, 1.82) is 5.26 Å². The van der Waals surface area contributed by atoms with Gasteiger partial charge in [-0.25, -0.2) is 0 Å². The van der Waals surface area contributed by atoms with Crippen molar-refractivity contribution in [2.24, 2.45) is 0 Å². The molecule has 2 aromatic rings. The summed E-state index contributed by atoms with van der Waals surface area (Å²) in [6.07, 6.45) is 0.0773. The van der Waals surface area contributed by atoms with E-state index >= 15 is 0 Å². The van der Waals surface area contributed by atoms with Crippen molar-refractivity contribution in [3.63, 3.8) is 0 Å². The lowest BCUT2D eigenvalue weighted by Crippen LogP contribution is -2.34. The topological polar surface area (TPSA) is 82.9 Å². The van der Waals surface area contributed by atoms with E-state index in [1.54, 1.807) is 7.11 Å². The number of nitrogens with zero attached hydrogens (tertiary/aromatic N) is 3. The van der Waals surface area contributed by atoms with Crippen molar-refractivity contribution in [3.05, 3.63) is 30.0 Å². The monoisotopic (exact) mass is 269 g/mol. The van der Waals surface area contributed by atoms with E-state index in [2.05, 4.69) is 26.9 Å². The Balaban J connectivity index is 2.03. The van der Waals surface area contributed by atoms with Crippen LogP contribution in [0, 0.1) is 11.3 Å². The van der Waals surface area contributed by atoms with Gasteiger partial charge in [-0.2, -0.15) is 5.26 Å². The van der Waals surface area contributed by atoms with Gasteiger partial charge in [0.05, 0.1) is 23.3 Å². The molecule has 0 amide bonds. The maximum Gasteiger partial charge on any atom is 0.186 e. The highest BCUT2D eigenvalue weighted by Gasteiger charge is 2.28. The molecule has 2 atom stereocenters. The van der Waals surface area contributed by atoms with Crippen LogP contribution < -0.4 is 10.6 Å². The van der Waals surface area contributed by atoms with Gasteiger partial charge in [0, 0.05) is 25.6 Å². The van der Waals surface area contributed by atoms with Crippen molar-refractivity contribution in [3.8, 4) is 6.07 Å². The Morgan fingerprint density at radius 1 is 1.35 bits per heavy atom. The number of rotatable bonds is 3. The Hall–Kier alpha value is -2.23. The van der Waals surface area contributed by atoms with Gasteiger partial charge in [-0.3, -0.25) is 0 Å². The number of methoxy groups -OCH3 is 1. The third-order valence-electron chi connectivity index (χ3n) is 3.56. The van der Waals surface area contributed by atoms with Crippen molar-refractivity contribution >= 4 is 16.6 Å². The second kappa shape index (κ2) is 5.41. The third-order valence-corrected chi connectivity index (χ3v) is 3.56. The second-order valence-corrected chi connectivity index (χ2v) is 4.74. The van der Waals surface area contributed by atoms with Crippen LogP contribution in [-0.2, 0) is 4.74 Å². The Morgan fingerprint density at radius 2 is 2.20 bits per heavy atom. The fourth-order valence-corrected chi connectivity index (χ4v) is 2.51. The molecule has 0 saturated carbocycles. The first-order chi connectivity index (χ1) is 9.83. The largest absolute Gasteiger partial charge is 0.378 e. The average Bonchev–Trinajstić information content (AvgIpc) is 2.95. The minimum Gasteiger partial charge on any atom is -0.378 e. The molecule has 0 bridgehead atoms. The molecule has 1 aliphatic heterocycles. The summed E-state index contributed by atoms with van der Waals surface area (Å²) < 4.78 is 5.44. The summed E-state index contributed by atoms with van der Waals surface area (Å²) in [6.45, 7) is 1.59. The first-order valence-electron chi connectivity index (χ1n) is 6.49. The molecule has 2 N–H and O–H groups in total. The number of hydrogen-bond acceptors (Lipinski definition) is 6. The number of anilines is 1. The molecule has 102 valence electrons. The maximum atomic E-state index is 9.24. The Bertz CT molecular complexity index is 666. The summed E-state index contributed by atoms with van der Waals surface area (Å²) in [5.74, 6) is 0. The minimum absolute atomic E-state index is 0.0773. The van der Waals surface area contributed by atoms with E-state index in [9.17, 15) is 5.26 Å². The number of ether oxygens (including phenoxy) is 1. The number of benzene rings is 1. The van der Waals surface area contributed by atoms with Gasteiger partial charge in [-0.1, -0.05) is 18.2 Å². The van der Waals surface area contributed by atoms with Crippen LogP contribution in [0.3, 0.4) is 0 Å². The molecule has 1 aliphatic rings. The van der Waals surface area contributed by atoms with Crippen LogP contribution in [0.5, 0.6) is 0 Å². The number of hydrogen-bond donors (Lipinski definition) is 2. The van der Waals surface area contributed by atoms with Gasteiger partial charge in [0.15, 0.2) is 5.69 Å². The quantitative estimate of drug-likeness (QED) is 0.861. The molecule has 0 spiro atoms. The van der Waals surface area contributed by atoms with Crippen molar-refractivity contribution in [1.82, 2.24) is 15.5 Å². The molecule has 1 aromatic carbocycles. The first kappa shape index (κ1) is 12.8. The summed E-state index contributed by atoms with van der Waals surface area (Å²) in [5, 5.41) is 24.9. The SMILES string of the molecule is CO[C@H]1CNCC1Nc1c(C#N)nnc2ccccc12. The Kier molecular flexibility index (Phi) is 3.46. The van der Waals surface area contributed by atoms with Crippen LogP contribution in [0.2, 0.25) is 0 Å². The summed E-state index contributed by atoms with van der Waals surface area (Å²) in [5.41, 5.74) is 1.81. The van der Waals surface area contributed by atoms with Gasteiger partial charge in [0.25, 0.3) is 0 Å². The third kappa shape index (κ3) is 2.18. The minimum atomic E-state index is 0.0773. The molecule has 6 heteroatoms. The maximum absolute atomic E-state index is 9.24. The van der Waals surface area contributed by atoms with Gasteiger partial charge < -0.3 is 15.4 Å². The van der Waals surface area contributed by atoms with Gasteiger partial charge in [-0.05, 0) is 6.07 Å². The van der Waals surface area contributed by atoms with Crippen molar-refractivity contribution in [2.75, 3.05) is 25.5 Å². The van der Waals surface area contributed by atoms with Crippen molar-refractivity contribution < 1.29 is 4.74 Å². The molecule has 1 fully saturated rings. The van der Waals surface area contributed by atoms with E-state index in [0.717, 1.165) is 29.7 Å². The smallest absolute Gasteiger partial charge is 0.186 e. The van der Waals surface area contributed by atoms with Crippen LogP contribution in [0.25, 0.3) is 10.9 Å². The van der Waals surface area contributed by atoms with Crippen LogP contribution in [0.15, 0.2) is 24.3 Å². The molecule has 3 rings (SSSR count). The molecule has 0 aliphatic carbocycles. The molecule has 6 nitrogen and oxygen atoms in total. The first-order valence-corrected chi connectivity index (χ1v) is 6.49. The van der Waals surface area contributed by atoms with Crippen LogP contribution in [0.4, 0.5) is 5.69 Å². The molecule has 20 heavy (non-hydrogen) atoms. The van der Waals surface area contributed by atoms with E-state index in [-0.39, 0.29) is 12.1 Å². The highest BCUT2D eigenvalue weighted by atomic mass is 16.5. The standard InChI is InChI=1S/C14H15N5O/c1-20-13-8-16-7-12(13)17-14-9-4-2-3-5-10(9)18-19-11(14)6-15/h2-5,12-13,16H,7-8H2,1H3,(H,17,18)/t12?,13-/m0/s1. The zero-order chi connectivity index (χ0) is 13.9. The summed E-state index contributed by atoms with van der Waals surface area (Å²) in [4.78, 5) is 0. The molecular weight excluding hydrogens is 254 g/mol. The molecule has 1 aromatic heterocycles. The molecule has 1 unspecified atom stereocenters. The lowest BCUT2D eigenvalue weighted by Gasteiger charge is -2.20. The molecule has 1 saturated heterocycles. The van der Waals surface area contributed by atoms with Gasteiger partial charge in [0.1, 0.15) is 6.07 Å². The van der Waals surface area contributed by atoms with E-state index in [1.807, 2.05) is 24.3 Å². The fourth-order valence-electron chi connectivity index (χ4n) is 2.51. The van der Waals surface area contributed by atoms with Gasteiger partial charge in [0.2, 0.25) is 0 Å². The van der Waals surface area contributed by atoms with Gasteiger partial charge in [-0.15, -0.1) is 10.2 Å². The van der Waals surface area contributed by atoms with Crippen LogP contribution >= 0.6 is 0 Å². The van der Waals surface area contributed by atoms with E-state index in [0.29, 0.717) is 5.69 Å². The lowest BCUT2D eigenvalue weighted by molar-refractivity contribution is 0.112. The normalized spacial score (nSPS) is 21.8. The van der Waals surface area contributed by atoms with Crippen molar-refractivity contribution in [2.45, 2.75) is 12.1 Å². The van der Waals surface area contributed by atoms with Crippen LogP contribution in [0.1, 0.15) is 5.69 Å². The summed E-state index contributed by atoms with van der Waals surface area (Å²) in [6, 6.07) is 9.87. The lowest BCUT2D eigenvalue weighted by atomic mass is 10.1. The summed E-state index contributed by atoms with van der Waals surface area (Å²) in [7, 11) is 1.69. The summed E-state index contributed by atoms with van der Waals surface area (Å²) >= 11 is 0. The molecule has 2 heterocycles. The predicted octanol–water partition coefficient (Wildman–Crippen LogP) is 0.900. The van der Waals surface area contributed by atoms with Crippen LogP contribution in [-0.4, -0.2) is 42.5 Å². The van der Waals surface area contributed by atoms with Gasteiger partial charge >= 0.3 is 0 Å². The number of aromatic nitrogens is 2. The Morgan fingerprint density at radius 3 is 3.00 bits per heavy atom. The second-order valence-electron chi connectivity index (χ2n) is 4.74. The average molecular weight is 269 g/mol. The fraction of sp³-hybridized carbons (Fsp3) is 0.357. The number of nitriles is 1. The zero-order valence-corrected chi connectivity index (χ0v) is 11.1. The highest BCUT2D eigenvalue weighted by Crippen LogP contribution is 2.25. The number of nitrogens with one attached hydrogen (secondary N) is 2. The van der Waals surface area contributed by atoms with E-state index in [4.69, 9.17) is 4.74 Å². The zero-order valence-electron chi connectivity index (χ0n) is 11.1. The predicted molar refractivity (Wildman–Crippen MR) is 75.3 cm³/mol.